The van der Waals surface area contributed by atoms with Crippen molar-refractivity contribution in [1.82, 2.24) is 9.88 Å². The molecule has 0 radical (unpaired) electrons. The highest BCUT2D eigenvalue weighted by molar-refractivity contribution is 7.09. The van der Waals surface area contributed by atoms with E-state index in [-0.39, 0.29) is 0 Å². The second-order valence-electron chi connectivity index (χ2n) is 5.63. The molecule has 0 saturated carbocycles. The Morgan fingerprint density at radius 2 is 1.87 bits per heavy atom. The molecule has 23 heavy (non-hydrogen) atoms. The number of likely N-dealkylation sites (tertiary alicyclic amines) is 1. The minimum Gasteiger partial charge on any atom is -0.298 e. The van der Waals surface area contributed by atoms with Crippen LogP contribution in [0.25, 0.3) is 0 Å². The van der Waals surface area contributed by atoms with Gasteiger partial charge in [-0.1, -0.05) is 0 Å². The summed E-state index contributed by atoms with van der Waals surface area (Å²) in [4.78, 5) is 19.7. The van der Waals surface area contributed by atoms with Gasteiger partial charge in [0.15, 0.2) is 5.78 Å². The summed E-state index contributed by atoms with van der Waals surface area (Å²) in [6, 6.07) is 1.10. The summed E-state index contributed by atoms with van der Waals surface area (Å²) >= 11 is 1.57. The molecular formula is C16H15F3N2OS. The van der Waals surface area contributed by atoms with E-state index in [1.165, 1.54) is 0 Å². The second-order valence-corrected chi connectivity index (χ2v) is 6.60. The maximum absolute atomic E-state index is 13.7. The van der Waals surface area contributed by atoms with Crippen molar-refractivity contribution in [2.75, 3.05) is 13.1 Å². The number of carbonyl (C=O) groups is 1. The molecule has 2 heterocycles. The average molecular weight is 340 g/mol. The molecule has 1 aromatic carbocycles. The van der Waals surface area contributed by atoms with E-state index in [9.17, 15) is 18.0 Å². The summed E-state index contributed by atoms with van der Waals surface area (Å²) in [5.74, 6) is -4.27. The smallest absolute Gasteiger partial charge is 0.171 e. The van der Waals surface area contributed by atoms with Gasteiger partial charge in [-0.2, -0.15) is 0 Å². The first kappa shape index (κ1) is 16.1. The number of hydrogen-bond acceptors (Lipinski definition) is 4. The summed E-state index contributed by atoms with van der Waals surface area (Å²) in [5.41, 5.74) is 1.15. The highest BCUT2D eigenvalue weighted by Crippen LogP contribution is 2.26. The first-order valence-electron chi connectivity index (χ1n) is 7.33. The first-order chi connectivity index (χ1) is 11.0. The van der Waals surface area contributed by atoms with E-state index in [1.54, 1.807) is 16.8 Å². The Hall–Kier alpha value is -1.73. The highest BCUT2D eigenvalue weighted by Gasteiger charge is 2.30. The van der Waals surface area contributed by atoms with Crippen molar-refractivity contribution in [1.29, 1.82) is 0 Å². The molecule has 1 saturated heterocycles. The predicted molar refractivity (Wildman–Crippen MR) is 80.8 cm³/mol. The Kier molecular flexibility index (Phi) is 4.77. The van der Waals surface area contributed by atoms with Gasteiger partial charge in [0.2, 0.25) is 0 Å². The molecule has 0 N–H and O–H groups in total. The van der Waals surface area contributed by atoms with Gasteiger partial charge in [0.05, 0.1) is 11.1 Å². The van der Waals surface area contributed by atoms with Crippen molar-refractivity contribution < 1.29 is 18.0 Å². The van der Waals surface area contributed by atoms with E-state index in [0.29, 0.717) is 38.1 Å². The normalized spacial score (nSPS) is 16.7. The number of piperidine rings is 1. The van der Waals surface area contributed by atoms with Gasteiger partial charge in [-0.05, 0) is 25.9 Å². The van der Waals surface area contributed by atoms with Gasteiger partial charge >= 0.3 is 0 Å². The quantitative estimate of drug-likeness (QED) is 0.797. The molecule has 122 valence electrons. The number of thiazole rings is 1. The first-order valence-corrected chi connectivity index (χ1v) is 8.21. The van der Waals surface area contributed by atoms with Crippen LogP contribution in [0, 0.1) is 23.4 Å². The number of benzene rings is 1. The van der Waals surface area contributed by atoms with Gasteiger partial charge in [-0.15, -0.1) is 11.3 Å². The molecule has 0 bridgehead atoms. The van der Waals surface area contributed by atoms with E-state index < -0.39 is 34.7 Å². The second kappa shape index (κ2) is 6.80. The summed E-state index contributed by atoms with van der Waals surface area (Å²) in [6.45, 7) is 2.13. The number of aromatic nitrogens is 1. The van der Waals surface area contributed by atoms with Crippen molar-refractivity contribution in [3.8, 4) is 0 Å². The Morgan fingerprint density at radius 1 is 1.22 bits per heavy atom. The summed E-state index contributed by atoms with van der Waals surface area (Å²) in [7, 11) is 0. The van der Waals surface area contributed by atoms with Gasteiger partial charge in [0.1, 0.15) is 17.5 Å². The fourth-order valence-corrected chi connectivity index (χ4v) is 3.51. The topological polar surface area (TPSA) is 33.2 Å². The van der Waals surface area contributed by atoms with E-state index in [4.69, 9.17) is 0 Å². The zero-order chi connectivity index (χ0) is 16.4. The van der Waals surface area contributed by atoms with Crippen molar-refractivity contribution in [3.05, 3.63) is 51.7 Å². The van der Waals surface area contributed by atoms with Gasteiger partial charge in [-0.3, -0.25) is 14.7 Å². The molecule has 1 aliphatic rings. The molecule has 7 heteroatoms. The average Bonchev–Trinajstić information content (AvgIpc) is 2.99. The fourth-order valence-electron chi connectivity index (χ4n) is 2.88. The van der Waals surface area contributed by atoms with Crippen LogP contribution in [0.4, 0.5) is 13.2 Å². The summed E-state index contributed by atoms with van der Waals surface area (Å²) in [5, 5.41) is 0. The van der Waals surface area contributed by atoms with Crippen LogP contribution in [0.15, 0.2) is 23.8 Å². The Balaban J connectivity index is 1.64. The predicted octanol–water partition coefficient (Wildman–Crippen LogP) is 3.66. The number of nitrogens with zero attached hydrogens (tertiary/aromatic N) is 2. The molecular weight excluding hydrogens is 325 g/mol. The molecule has 0 atom stereocenters. The lowest BCUT2D eigenvalue weighted by Crippen LogP contribution is -2.36. The zero-order valence-corrected chi connectivity index (χ0v) is 13.1. The number of halogens is 3. The maximum atomic E-state index is 13.7. The van der Waals surface area contributed by atoms with Crippen molar-refractivity contribution >= 4 is 17.1 Å². The number of Topliss-reactive ketones (excluding diaryl/α,β-unsaturated/α-hetero) is 1. The lowest BCUT2D eigenvalue weighted by Gasteiger charge is -2.30. The van der Waals surface area contributed by atoms with E-state index in [2.05, 4.69) is 9.88 Å². The molecule has 2 aromatic rings. The fraction of sp³-hybridized carbons (Fsp3) is 0.375. The monoisotopic (exact) mass is 340 g/mol. The molecule has 3 nitrogen and oxygen atoms in total. The van der Waals surface area contributed by atoms with Gasteiger partial charge < -0.3 is 0 Å². The van der Waals surface area contributed by atoms with E-state index in [1.807, 2.05) is 6.20 Å². The number of hydrogen-bond donors (Lipinski definition) is 0. The van der Waals surface area contributed by atoms with Gasteiger partial charge in [-0.25, -0.2) is 13.2 Å². The van der Waals surface area contributed by atoms with Crippen LogP contribution in [-0.4, -0.2) is 28.8 Å². The van der Waals surface area contributed by atoms with Gasteiger partial charge in [0.25, 0.3) is 0 Å². The van der Waals surface area contributed by atoms with Crippen LogP contribution in [0.3, 0.4) is 0 Å². The third kappa shape index (κ3) is 3.61. The van der Waals surface area contributed by atoms with Crippen molar-refractivity contribution in [2.45, 2.75) is 19.4 Å². The summed E-state index contributed by atoms with van der Waals surface area (Å²) < 4.78 is 40.4. The van der Waals surface area contributed by atoms with Crippen LogP contribution < -0.4 is 0 Å². The van der Waals surface area contributed by atoms with Gasteiger partial charge in [0, 0.05) is 35.7 Å². The molecule has 0 amide bonds. The number of rotatable bonds is 4. The summed E-state index contributed by atoms with van der Waals surface area (Å²) in [6.07, 6.45) is 2.88. The number of ketones is 1. The lowest BCUT2D eigenvalue weighted by atomic mass is 9.88. The molecule has 0 spiro atoms. The molecule has 0 unspecified atom stereocenters. The van der Waals surface area contributed by atoms with Crippen LogP contribution >= 0.6 is 11.3 Å². The third-order valence-electron chi connectivity index (χ3n) is 4.07. The molecule has 1 fully saturated rings. The standard InChI is InChI=1S/C16H15F3N2OS/c17-11-5-13(18)15(14(19)6-11)16(22)10-1-3-21(4-2-10)8-12-7-20-9-23-12/h5-7,9-10H,1-4,8H2. The lowest BCUT2D eigenvalue weighted by molar-refractivity contribution is 0.0826. The Labute approximate surface area is 135 Å². The Morgan fingerprint density at radius 3 is 2.43 bits per heavy atom. The molecule has 3 rings (SSSR count). The largest absolute Gasteiger partial charge is 0.298 e. The van der Waals surface area contributed by atoms with Crippen LogP contribution in [0.1, 0.15) is 28.1 Å². The SMILES string of the molecule is O=C(c1c(F)cc(F)cc1F)C1CCN(Cc2cncs2)CC1. The third-order valence-corrected chi connectivity index (χ3v) is 4.84. The van der Waals surface area contributed by atoms with Crippen LogP contribution in [0.5, 0.6) is 0 Å². The molecule has 1 aromatic heterocycles. The zero-order valence-electron chi connectivity index (χ0n) is 12.3. The van der Waals surface area contributed by atoms with E-state index >= 15 is 0 Å². The molecule has 1 aliphatic heterocycles. The maximum Gasteiger partial charge on any atom is 0.171 e. The minimum atomic E-state index is -1.13. The van der Waals surface area contributed by atoms with Crippen molar-refractivity contribution in [2.24, 2.45) is 5.92 Å². The Bertz CT molecular complexity index is 674. The highest BCUT2D eigenvalue weighted by atomic mass is 32.1. The van der Waals surface area contributed by atoms with Crippen LogP contribution in [0.2, 0.25) is 0 Å². The van der Waals surface area contributed by atoms with Crippen molar-refractivity contribution in [3.63, 3.8) is 0 Å². The number of carbonyl (C=O) groups excluding carboxylic acids is 1. The molecule has 0 aliphatic carbocycles. The minimum absolute atomic E-state index is 0.429. The van der Waals surface area contributed by atoms with E-state index in [0.717, 1.165) is 11.4 Å². The van der Waals surface area contributed by atoms with Crippen LogP contribution in [-0.2, 0) is 6.54 Å².